The minimum Gasteiger partial charge on any atom is -0.457 e. The molecule has 0 unspecified atom stereocenters. The molecule has 2 aromatic carbocycles. The maximum Gasteiger partial charge on any atom is 0.128 e. The maximum atomic E-state index is 5.73. The number of hydrogen-bond acceptors (Lipinski definition) is 1. The Morgan fingerprint density at radius 3 is 2.31 bits per heavy atom. The van der Waals surface area contributed by atoms with Crippen LogP contribution in [0.25, 0.3) is 5.57 Å². The molecular weight excluding hydrogens is 196 g/mol. The van der Waals surface area contributed by atoms with Gasteiger partial charge < -0.3 is 4.74 Å². The number of rotatable bonds is 3. The predicted molar refractivity (Wildman–Crippen MR) is 67.7 cm³/mol. The number of para-hydroxylation sites is 1. The lowest BCUT2D eigenvalue weighted by Gasteiger charge is -2.07. The molecule has 0 aliphatic heterocycles. The highest BCUT2D eigenvalue weighted by atomic mass is 16.5. The van der Waals surface area contributed by atoms with Crippen molar-refractivity contribution in [1.29, 1.82) is 0 Å². The smallest absolute Gasteiger partial charge is 0.128 e. The van der Waals surface area contributed by atoms with Crippen molar-refractivity contribution in [2.75, 3.05) is 0 Å². The Balaban J connectivity index is 2.22. The Morgan fingerprint density at radius 1 is 0.938 bits per heavy atom. The molecule has 1 heteroatoms. The van der Waals surface area contributed by atoms with E-state index in [0.29, 0.717) is 0 Å². The van der Waals surface area contributed by atoms with E-state index in [1.807, 2.05) is 61.5 Å². The lowest BCUT2D eigenvalue weighted by atomic mass is 10.1. The average molecular weight is 210 g/mol. The molecule has 0 bridgehead atoms. The summed E-state index contributed by atoms with van der Waals surface area (Å²) in [6, 6.07) is 17.7. The largest absolute Gasteiger partial charge is 0.457 e. The molecule has 0 amide bonds. The standard InChI is InChI=1S/C15H14O/c1-12(2)13-7-6-10-15(11-13)16-14-8-4-3-5-9-14/h3-11H,1H2,2H3. The molecule has 2 aromatic rings. The van der Waals surface area contributed by atoms with Crippen LogP contribution in [0.3, 0.4) is 0 Å². The lowest BCUT2D eigenvalue weighted by molar-refractivity contribution is 0.482. The van der Waals surface area contributed by atoms with Crippen molar-refractivity contribution >= 4 is 5.57 Å². The molecule has 0 atom stereocenters. The molecule has 0 spiro atoms. The van der Waals surface area contributed by atoms with E-state index in [9.17, 15) is 0 Å². The van der Waals surface area contributed by atoms with Gasteiger partial charge in [-0.05, 0) is 36.8 Å². The van der Waals surface area contributed by atoms with E-state index in [0.717, 1.165) is 22.6 Å². The van der Waals surface area contributed by atoms with Crippen molar-refractivity contribution in [2.45, 2.75) is 6.92 Å². The molecule has 0 saturated heterocycles. The fourth-order valence-electron chi connectivity index (χ4n) is 1.45. The summed E-state index contributed by atoms with van der Waals surface area (Å²) in [7, 11) is 0. The molecule has 80 valence electrons. The van der Waals surface area contributed by atoms with Crippen LogP contribution >= 0.6 is 0 Å². The van der Waals surface area contributed by atoms with Crippen molar-refractivity contribution in [3.05, 3.63) is 66.7 Å². The van der Waals surface area contributed by atoms with Crippen molar-refractivity contribution in [3.63, 3.8) is 0 Å². The number of hydrogen-bond donors (Lipinski definition) is 0. The Bertz CT molecular complexity index is 486. The molecule has 0 aliphatic carbocycles. The normalized spacial score (nSPS) is 9.81. The van der Waals surface area contributed by atoms with E-state index in [-0.39, 0.29) is 0 Å². The first-order valence-corrected chi connectivity index (χ1v) is 5.24. The van der Waals surface area contributed by atoms with Crippen LogP contribution < -0.4 is 4.74 Å². The molecule has 0 radical (unpaired) electrons. The van der Waals surface area contributed by atoms with Crippen LogP contribution in [0, 0.1) is 0 Å². The molecule has 0 aliphatic rings. The van der Waals surface area contributed by atoms with Crippen molar-refractivity contribution in [3.8, 4) is 11.5 Å². The summed E-state index contributed by atoms with van der Waals surface area (Å²) < 4.78 is 5.73. The van der Waals surface area contributed by atoms with Crippen molar-refractivity contribution in [1.82, 2.24) is 0 Å². The summed E-state index contributed by atoms with van der Waals surface area (Å²) in [5, 5.41) is 0. The highest BCUT2D eigenvalue weighted by Gasteiger charge is 1.98. The van der Waals surface area contributed by atoms with Crippen LogP contribution in [-0.2, 0) is 0 Å². The summed E-state index contributed by atoms with van der Waals surface area (Å²) in [5.41, 5.74) is 2.15. The molecule has 16 heavy (non-hydrogen) atoms. The summed E-state index contributed by atoms with van der Waals surface area (Å²) in [5.74, 6) is 1.69. The molecule has 0 saturated carbocycles. The molecule has 0 heterocycles. The van der Waals surface area contributed by atoms with Gasteiger partial charge >= 0.3 is 0 Å². The lowest BCUT2D eigenvalue weighted by Crippen LogP contribution is -1.85. The van der Waals surface area contributed by atoms with Crippen LogP contribution in [0.1, 0.15) is 12.5 Å². The summed E-state index contributed by atoms with van der Waals surface area (Å²) in [6.45, 7) is 5.91. The zero-order valence-corrected chi connectivity index (χ0v) is 9.31. The minimum absolute atomic E-state index is 0.840. The number of benzene rings is 2. The molecule has 0 fully saturated rings. The van der Waals surface area contributed by atoms with Gasteiger partial charge in [0.2, 0.25) is 0 Å². The Hall–Kier alpha value is -2.02. The summed E-state index contributed by atoms with van der Waals surface area (Å²) in [4.78, 5) is 0. The first kappa shape index (κ1) is 10.5. The van der Waals surface area contributed by atoms with Gasteiger partial charge in [0.1, 0.15) is 11.5 Å². The van der Waals surface area contributed by atoms with Crippen LogP contribution in [0.2, 0.25) is 0 Å². The molecule has 1 nitrogen and oxygen atoms in total. The maximum absolute atomic E-state index is 5.73. The molecular formula is C15H14O. The van der Waals surface area contributed by atoms with E-state index in [2.05, 4.69) is 6.58 Å². The van der Waals surface area contributed by atoms with Gasteiger partial charge in [0, 0.05) is 0 Å². The van der Waals surface area contributed by atoms with Crippen LogP contribution in [-0.4, -0.2) is 0 Å². The van der Waals surface area contributed by atoms with Gasteiger partial charge in [0.05, 0.1) is 0 Å². The Morgan fingerprint density at radius 2 is 1.62 bits per heavy atom. The van der Waals surface area contributed by atoms with Gasteiger partial charge in [-0.15, -0.1) is 0 Å². The average Bonchev–Trinajstić information content (AvgIpc) is 2.30. The second-order valence-corrected chi connectivity index (χ2v) is 3.72. The topological polar surface area (TPSA) is 9.23 Å². The Kier molecular flexibility index (Phi) is 3.06. The van der Waals surface area contributed by atoms with Gasteiger partial charge in [-0.2, -0.15) is 0 Å². The molecule has 0 aromatic heterocycles. The second-order valence-electron chi connectivity index (χ2n) is 3.72. The van der Waals surface area contributed by atoms with Crippen molar-refractivity contribution < 1.29 is 4.74 Å². The zero-order chi connectivity index (χ0) is 11.4. The molecule has 2 rings (SSSR count). The monoisotopic (exact) mass is 210 g/mol. The van der Waals surface area contributed by atoms with Gasteiger partial charge in [-0.25, -0.2) is 0 Å². The third-order valence-corrected chi connectivity index (χ3v) is 2.31. The fraction of sp³-hybridized carbons (Fsp3) is 0.0667. The number of ether oxygens (including phenoxy) is 1. The second kappa shape index (κ2) is 4.67. The highest BCUT2D eigenvalue weighted by Crippen LogP contribution is 2.23. The zero-order valence-electron chi connectivity index (χ0n) is 9.31. The van der Waals surface area contributed by atoms with Gasteiger partial charge in [0.25, 0.3) is 0 Å². The third kappa shape index (κ3) is 2.51. The quantitative estimate of drug-likeness (QED) is 0.724. The van der Waals surface area contributed by atoms with Crippen molar-refractivity contribution in [2.24, 2.45) is 0 Å². The summed E-state index contributed by atoms with van der Waals surface area (Å²) in [6.07, 6.45) is 0. The van der Waals surface area contributed by atoms with Crippen LogP contribution in [0.4, 0.5) is 0 Å². The van der Waals surface area contributed by atoms with E-state index < -0.39 is 0 Å². The van der Waals surface area contributed by atoms with Crippen LogP contribution in [0.15, 0.2) is 61.2 Å². The van der Waals surface area contributed by atoms with E-state index in [1.54, 1.807) is 0 Å². The predicted octanol–water partition coefficient (Wildman–Crippen LogP) is 4.51. The first-order valence-electron chi connectivity index (χ1n) is 5.24. The van der Waals surface area contributed by atoms with E-state index >= 15 is 0 Å². The first-order chi connectivity index (χ1) is 7.75. The Labute approximate surface area is 96.0 Å². The fourth-order valence-corrected chi connectivity index (χ4v) is 1.45. The van der Waals surface area contributed by atoms with E-state index in [4.69, 9.17) is 4.74 Å². The third-order valence-electron chi connectivity index (χ3n) is 2.31. The highest BCUT2D eigenvalue weighted by molar-refractivity contribution is 5.62. The van der Waals surface area contributed by atoms with Gasteiger partial charge in [-0.1, -0.05) is 42.5 Å². The minimum atomic E-state index is 0.840. The SMILES string of the molecule is C=C(C)c1cccc(Oc2ccccc2)c1. The van der Waals surface area contributed by atoms with Gasteiger partial charge in [-0.3, -0.25) is 0 Å². The number of allylic oxidation sites excluding steroid dienone is 1. The van der Waals surface area contributed by atoms with Crippen LogP contribution in [0.5, 0.6) is 11.5 Å². The van der Waals surface area contributed by atoms with Gasteiger partial charge in [0.15, 0.2) is 0 Å². The van der Waals surface area contributed by atoms with E-state index in [1.165, 1.54) is 0 Å². The summed E-state index contributed by atoms with van der Waals surface area (Å²) >= 11 is 0. The molecule has 0 N–H and O–H groups in total.